The number of rotatable bonds is 4. The molecule has 3 nitrogen and oxygen atoms in total. The van der Waals surface area contributed by atoms with E-state index in [-0.39, 0.29) is 6.04 Å². The van der Waals surface area contributed by atoms with Crippen LogP contribution in [0.25, 0.3) is 10.8 Å². The second-order valence-corrected chi connectivity index (χ2v) is 7.20. The van der Waals surface area contributed by atoms with E-state index >= 15 is 0 Å². The molecule has 24 heavy (non-hydrogen) atoms. The van der Waals surface area contributed by atoms with Crippen LogP contribution in [0.1, 0.15) is 29.3 Å². The molecule has 2 aromatic carbocycles. The van der Waals surface area contributed by atoms with Crippen molar-refractivity contribution in [2.75, 3.05) is 6.54 Å². The molecule has 2 unspecified atom stereocenters. The maximum atomic E-state index is 11.7. The summed E-state index contributed by atoms with van der Waals surface area (Å²) in [7, 11) is 0. The fraction of sp³-hybridized carbons (Fsp3) is 0.250. The topological polar surface area (TPSA) is 40.5 Å². The molecule has 1 aromatic heterocycles. The SMILES string of the molecule is O=C(O)C1CCCN1C(c1cccs1)c1cccc2ccccc12. The lowest BCUT2D eigenvalue weighted by atomic mass is 9.96. The lowest BCUT2D eigenvalue weighted by Crippen LogP contribution is -2.39. The number of aliphatic carboxylic acids is 1. The Kier molecular flexibility index (Phi) is 4.08. The van der Waals surface area contributed by atoms with Gasteiger partial charge in [-0.1, -0.05) is 48.5 Å². The first-order valence-corrected chi connectivity index (χ1v) is 9.13. The van der Waals surface area contributed by atoms with E-state index in [0.717, 1.165) is 19.4 Å². The molecular formula is C20H19NO2S. The van der Waals surface area contributed by atoms with Gasteiger partial charge in [0.25, 0.3) is 0 Å². The van der Waals surface area contributed by atoms with Gasteiger partial charge in [-0.3, -0.25) is 9.69 Å². The molecule has 2 heterocycles. The number of hydrogen-bond acceptors (Lipinski definition) is 3. The lowest BCUT2D eigenvalue weighted by molar-refractivity contribution is -0.142. The zero-order valence-electron chi connectivity index (χ0n) is 13.3. The number of thiophene rings is 1. The third kappa shape index (κ3) is 2.62. The van der Waals surface area contributed by atoms with Crippen molar-refractivity contribution in [1.29, 1.82) is 0 Å². The molecule has 1 saturated heterocycles. The molecule has 2 atom stereocenters. The minimum absolute atomic E-state index is 0.000278. The number of nitrogens with zero attached hydrogens (tertiary/aromatic N) is 1. The van der Waals surface area contributed by atoms with Crippen molar-refractivity contribution < 1.29 is 9.90 Å². The van der Waals surface area contributed by atoms with Gasteiger partial charge in [0.2, 0.25) is 0 Å². The first kappa shape index (κ1) is 15.4. The van der Waals surface area contributed by atoms with Crippen LogP contribution in [-0.4, -0.2) is 28.6 Å². The number of hydrogen-bond donors (Lipinski definition) is 1. The summed E-state index contributed by atoms with van der Waals surface area (Å²) in [5.74, 6) is -0.714. The van der Waals surface area contributed by atoms with Crippen molar-refractivity contribution in [2.24, 2.45) is 0 Å². The molecule has 1 N–H and O–H groups in total. The maximum Gasteiger partial charge on any atom is 0.320 e. The van der Waals surface area contributed by atoms with Gasteiger partial charge < -0.3 is 5.11 Å². The van der Waals surface area contributed by atoms with E-state index in [0.29, 0.717) is 0 Å². The van der Waals surface area contributed by atoms with Gasteiger partial charge >= 0.3 is 5.97 Å². The molecule has 0 saturated carbocycles. The summed E-state index contributed by atoms with van der Waals surface area (Å²) in [4.78, 5) is 15.1. The maximum absolute atomic E-state index is 11.7. The van der Waals surface area contributed by atoms with E-state index in [1.54, 1.807) is 11.3 Å². The van der Waals surface area contributed by atoms with E-state index in [9.17, 15) is 9.90 Å². The van der Waals surface area contributed by atoms with Crippen molar-refractivity contribution in [3.8, 4) is 0 Å². The van der Waals surface area contributed by atoms with Gasteiger partial charge in [-0.15, -0.1) is 11.3 Å². The molecule has 0 amide bonds. The summed E-state index contributed by atoms with van der Waals surface area (Å²) < 4.78 is 0. The summed E-state index contributed by atoms with van der Waals surface area (Å²) in [6.07, 6.45) is 1.66. The van der Waals surface area contributed by atoms with Gasteiger partial charge in [-0.2, -0.15) is 0 Å². The van der Waals surface area contributed by atoms with Gasteiger partial charge in [0.05, 0.1) is 6.04 Å². The quantitative estimate of drug-likeness (QED) is 0.760. The van der Waals surface area contributed by atoms with E-state index < -0.39 is 12.0 Å². The third-order valence-electron chi connectivity index (χ3n) is 4.84. The van der Waals surface area contributed by atoms with Crippen molar-refractivity contribution in [3.05, 3.63) is 70.4 Å². The molecule has 122 valence electrons. The fourth-order valence-corrected chi connectivity index (χ4v) is 4.66. The van der Waals surface area contributed by atoms with E-state index in [2.05, 4.69) is 52.7 Å². The minimum atomic E-state index is -0.714. The van der Waals surface area contributed by atoms with Crippen LogP contribution in [-0.2, 0) is 4.79 Å². The monoisotopic (exact) mass is 337 g/mol. The second-order valence-electron chi connectivity index (χ2n) is 6.22. The molecule has 1 fully saturated rings. The second kappa shape index (κ2) is 6.38. The summed E-state index contributed by atoms with van der Waals surface area (Å²) in [5.41, 5.74) is 1.20. The highest BCUT2D eigenvalue weighted by Gasteiger charge is 2.37. The van der Waals surface area contributed by atoms with Crippen LogP contribution in [0.15, 0.2) is 60.0 Å². The molecule has 0 spiro atoms. The number of carboxylic acids is 1. The first-order chi connectivity index (χ1) is 11.8. The van der Waals surface area contributed by atoms with Gasteiger partial charge in [-0.05, 0) is 40.6 Å². The predicted octanol–water partition coefficient (Wildman–Crippen LogP) is 4.54. The lowest BCUT2D eigenvalue weighted by Gasteiger charge is -2.31. The Balaban J connectivity index is 1.89. The third-order valence-corrected chi connectivity index (χ3v) is 5.77. The molecule has 0 bridgehead atoms. The van der Waals surface area contributed by atoms with Crippen LogP contribution < -0.4 is 0 Å². The van der Waals surface area contributed by atoms with Crippen LogP contribution in [0.2, 0.25) is 0 Å². The number of carbonyl (C=O) groups is 1. The molecule has 0 radical (unpaired) electrons. The molecule has 1 aliphatic heterocycles. The molecule has 4 rings (SSSR count). The molecule has 4 heteroatoms. The zero-order chi connectivity index (χ0) is 16.5. The smallest absolute Gasteiger partial charge is 0.320 e. The van der Waals surface area contributed by atoms with E-state index in [1.807, 2.05) is 12.1 Å². The van der Waals surface area contributed by atoms with Gasteiger partial charge in [0.15, 0.2) is 0 Å². The van der Waals surface area contributed by atoms with E-state index in [4.69, 9.17) is 0 Å². The normalized spacial score (nSPS) is 19.6. The van der Waals surface area contributed by atoms with Crippen LogP contribution in [0.5, 0.6) is 0 Å². The van der Waals surface area contributed by atoms with Gasteiger partial charge in [0.1, 0.15) is 6.04 Å². The Hall–Kier alpha value is -2.17. The van der Waals surface area contributed by atoms with Gasteiger partial charge in [0, 0.05) is 11.4 Å². The summed E-state index contributed by atoms with van der Waals surface area (Å²) in [6.45, 7) is 0.822. The average molecular weight is 337 g/mol. The number of fused-ring (bicyclic) bond motifs is 1. The fourth-order valence-electron chi connectivity index (χ4n) is 3.79. The highest BCUT2D eigenvalue weighted by atomic mass is 32.1. The van der Waals surface area contributed by atoms with E-state index in [1.165, 1.54) is 21.2 Å². The Morgan fingerprint density at radius 1 is 1.12 bits per heavy atom. The predicted molar refractivity (Wildman–Crippen MR) is 97.5 cm³/mol. The van der Waals surface area contributed by atoms with Crippen LogP contribution in [0.3, 0.4) is 0 Å². The Bertz CT molecular complexity index is 854. The van der Waals surface area contributed by atoms with Crippen LogP contribution in [0.4, 0.5) is 0 Å². The Morgan fingerprint density at radius 2 is 1.96 bits per heavy atom. The molecular weight excluding hydrogens is 318 g/mol. The first-order valence-electron chi connectivity index (χ1n) is 8.25. The standard InChI is InChI=1S/C20H19NO2S/c22-20(23)17-10-4-12-21(17)19(18-11-5-13-24-18)16-9-3-7-14-6-1-2-8-15(14)16/h1-3,5-9,11,13,17,19H,4,10,12H2,(H,22,23). The van der Waals surface area contributed by atoms with Crippen LogP contribution >= 0.6 is 11.3 Å². The van der Waals surface area contributed by atoms with Crippen molar-refractivity contribution in [1.82, 2.24) is 4.90 Å². The van der Waals surface area contributed by atoms with Gasteiger partial charge in [-0.25, -0.2) is 0 Å². The zero-order valence-corrected chi connectivity index (χ0v) is 14.1. The molecule has 0 aliphatic carbocycles. The number of likely N-dealkylation sites (tertiary alicyclic amines) is 1. The number of carboxylic acid groups (broad SMARTS) is 1. The van der Waals surface area contributed by atoms with Crippen LogP contribution in [0, 0.1) is 0 Å². The van der Waals surface area contributed by atoms with Crippen molar-refractivity contribution >= 4 is 28.1 Å². The van der Waals surface area contributed by atoms with Crippen molar-refractivity contribution in [3.63, 3.8) is 0 Å². The Labute approximate surface area is 145 Å². The number of benzene rings is 2. The molecule has 3 aromatic rings. The average Bonchev–Trinajstić information content (AvgIpc) is 3.27. The highest BCUT2D eigenvalue weighted by molar-refractivity contribution is 7.10. The molecule has 1 aliphatic rings. The summed E-state index contributed by atoms with van der Waals surface area (Å²) in [6, 6.07) is 18.4. The van der Waals surface area contributed by atoms with Crippen molar-refractivity contribution in [2.45, 2.75) is 24.9 Å². The summed E-state index contributed by atoms with van der Waals surface area (Å²) in [5, 5.41) is 14.1. The highest BCUT2D eigenvalue weighted by Crippen LogP contribution is 2.39. The summed E-state index contributed by atoms with van der Waals surface area (Å²) >= 11 is 1.70. The largest absolute Gasteiger partial charge is 0.480 e. The minimum Gasteiger partial charge on any atom is -0.480 e. The Morgan fingerprint density at radius 3 is 2.75 bits per heavy atom.